The molecule has 0 radical (unpaired) electrons. The summed E-state index contributed by atoms with van der Waals surface area (Å²) in [4.78, 5) is 30.8. The molecule has 286 valence electrons. The summed E-state index contributed by atoms with van der Waals surface area (Å²) in [6.07, 6.45) is 6.65. The number of ether oxygens (including phenoxy) is 6. The molecule has 9 nitrogen and oxygen atoms in total. The van der Waals surface area contributed by atoms with Crippen LogP contribution in [0.2, 0.25) is 0 Å². The minimum Gasteiger partial charge on any atom is -0.382 e. The van der Waals surface area contributed by atoms with Gasteiger partial charge >= 0.3 is 0 Å². The first-order chi connectivity index (χ1) is 21.7. The Bertz CT molecular complexity index is 662. The van der Waals surface area contributed by atoms with Crippen LogP contribution in [0.1, 0.15) is 135 Å². The van der Waals surface area contributed by atoms with Gasteiger partial charge < -0.3 is 42.8 Å². The van der Waals surface area contributed by atoms with E-state index in [-0.39, 0.29) is 35.7 Å². The van der Waals surface area contributed by atoms with Gasteiger partial charge in [-0.05, 0) is 106 Å². The smallest absolute Gasteiger partial charge is 0.130 e. The molecule has 0 heterocycles. The zero-order valence-electron chi connectivity index (χ0n) is 34.2. The van der Waals surface area contributed by atoms with Crippen LogP contribution in [-0.4, -0.2) is 96.1 Å². The molecule has 6 atom stereocenters. The lowest BCUT2D eigenvalue weighted by molar-refractivity contribution is -0.118. The first-order valence-corrected chi connectivity index (χ1v) is 17.4. The molecule has 0 aromatic rings. The van der Waals surface area contributed by atoms with Crippen LogP contribution in [0.3, 0.4) is 0 Å². The number of rotatable bonds is 21. The first kappa shape index (κ1) is 55.2. The zero-order chi connectivity index (χ0) is 38.0. The van der Waals surface area contributed by atoms with E-state index in [1.165, 1.54) is 13.8 Å². The molecule has 0 aliphatic rings. The van der Waals surface area contributed by atoms with Crippen molar-refractivity contribution in [1.29, 1.82) is 0 Å². The standard InChI is InChI=1S/C12H24O4.C9H18O2.2C7H16O.C3H6O/c1-10(13)6-5-7-16-12(3)9-15-8-11(2)14-4;1-7(5-8(2)10)6-9(3)11-4;2*1-6(2)5-7(3)8-4;1-3(2)4/h11-12H,5-9H2,1-4H3;7,9H,5-6H2,1-4H3;2*6-7H,5H2,1-4H3;1-2H3. The topological polar surface area (TPSA) is 107 Å². The number of carbonyl (C=O) groups excluding carboxylic acids is 3. The van der Waals surface area contributed by atoms with E-state index in [1.807, 2.05) is 20.8 Å². The molecular formula is C38H80O9. The second-order valence-electron chi connectivity index (χ2n) is 13.6. The molecule has 0 fully saturated rings. The summed E-state index contributed by atoms with van der Waals surface area (Å²) in [7, 11) is 6.88. The Morgan fingerprint density at radius 1 is 0.511 bits per heavy atom. The van der Waals surface area contributed by atoms with Gasteiger partial charge in [0.1, 0.15) is 17.3 Å². The lowest BCUT2D eigenvalue weighted by atomic mass is 9.99. The molecule has 0 aliphatic carbocycles. The summed E-state index contributed by atoms with van der Waals surface area (Å²) in [6, 6.07) is 0. The summed E-state index contributed by atoms with van der Waals surface area (Å²) in [5.74, 6) is 2.60. The van der Waals surface area contributed by atoms with Gasteiger partial charge in [0.25, 0.3) is 0 Å². The fourth-order valence-corrected chi connectivity index (χ4v) is 3.88. The first-order valence-electron chi connectivity index (χ1n) is 17.4. The number of Topliss-reactive ketones (excluding diaryl/α,β-unsaturated/α-hetero) is 3. The number of hydrogen-bond acceptors (Lipinski definition) is 9. The van der Waals surface area contributed by atoms with E-state index < -0.39 is 0 Å². The van der Waals surface area contributed by atoms with Crippen LogP contribution in [-0.2, 0) is 42.8 Å². The third-order valence-electron chi connectivity index (χ3n) is 6.37. The van der Waals surface area contributed by atoms with Gasteiger partial charge in [-0.15, -0.1) is 0 Å². The van der Waals surface area contributed by atoms with Crippen LogP contribution in [0.25, 0.3) is 0 Å². The van der Waals surface area contributed by atoms with Crippen molar-refractivity contribution in [2.45, 2.75) is 166 Å². The Hall–Kier alpha value is -1.23. The average Bonchev–Trinajstić information content (AvgIpc) is 2.94. The Kier molecular flexibility index (Phi) is 46.0. The maximum absolute atomic E-state index is 10.7. The molecule has 0 aromatic carbocycles. The van der Waals surface area contributed by atoms with Gasteiger partial charge in [0.15, 0.2) is 0 Å². The van der Waals surface area contributed by atoms with E-state index in [0.717, 1.165) is 37.5 Å². The molecule has 0 aromatic heterocycles. The summed E-state index contributed by atoms with van der Waals surface area (Å²) in [5, 5.41) is 0. The fourth-order valence-electron chi connectivity index (χ4n) is 3.88. The van der Waals surface area contributed by atoms with Crippen molar-refractivity contribution in [3.05, 3.63) is 0 Å². The van der Waals surface area contributed by atoms with E-state index in [4.69, 9.17) is 28.4 Å². The third kappa shape index (κ3) is 64.0. The zero-order valence-corrected chi connectivity index (χ0v) is 34.2. The summed E-state index contributed by atoms with van der Waals surface area (Å²) in [5.41, 5.74) is 0. The predicted octanol–water partition coefficient (Wildman–Crippen LogP) is 8.57. The maximum Gasteiger partial charge on any atom is 0.130 e. The predicted molar refractivity (Wildman–Crippen MR) is 196 cm³/mol. The molecule has 47 heavy (non-hydrogen) atoms. The van der Waals surface area contributed by atoms with Gasteiger partial charge in [-0.3, -0.25) is 0 Å². The summed E-state index contributed by atoms with van der Waals surface area (Å²) >= 11 is 0. The molecular weight excluding hydrogens is 600 g/mol. The van der Waals surface area contributed by atoms with Crippen molar-refractivity contribution < 1.29 is 42.8 Å². The minimum absolute atomic E-state index is 0.0658. The molecule has 0 rings (SSSR count). The van der Waals surface area contributed by atoms with Crippen LogP contribution < -0.4 is 0 Å². The third-order valence-corrected chi connectivity index (χ3v) is 6.37. The van der Waals surface area contributed by atoms with Gasteiger partial charge in [-0.2, -0.15) is 0 Å². The van der Waals surface area contributed by atoms with Crippen molar-refractivity contribution in [2.24, 2.45) is 17.8 Å². The van der Waals surface area contributed by atoms with Crippen molar-refractivity contribution in [2.75, 3.05) is 48.3 Å². The minimum atomic E-state index is 0.0658. The van der Waals surface area contributed by atoms with Gasteiger partial charge in [0.05, 0.1) is 43.7 Å². The highest BCUT2D eigenvalue weighted by Gasteiger charge is 2.09. The van der Waals surface area contributed by atoms with Gasteiger partial charge in [0.2, 0.25) is 0 Å². The Labute approximate surface area is 291 Å². The molecule has 0 saturated carbocycles. The van der Waals surface area contributed by atoms with Gasteiger partial charge in [-0.25, -0.2) is 0 Å². The number of ketones is 3. The highest BCUT2D eigenvalue weighted by atomic mass is 16.5. The number of carbonyl (C=O) groups is 3. The highest BCUT2D eigenvalue weighted by Crippen LogP contribution is 2.12. The molecule has 0 amide bonds. The highest BCUT2D eigenvalue weighted by molar-refractivity contribution is 5.75. The van der Waals surface area contributed by atoms with Crippen LogP contribution in [0.4, 0.5) is 0 Å². The van der Waals surface area contributed by atoms with Crippen molar-refractivity contribution in [3.8, 4) is 0 Å². The second-order valence-corrected chi connectivity index (χ2v) is 13.6. The van der Waals surface area contributed by atoms with Gasteiger partial charge in [0, 0.05) is 47.9 Å². The monoisotopic (exact) mass is 681 g/mol. The van der Waals surface area contributed by atoms with E-state index in [9.17, 15) is 14.4 Å². The van der Waals surface area contributed by atoms with E-state index >= 15 is 0 Å². The molecule has 0 aliphatic heterocycles. The number of hydrogen-bond donors (Lipinski definition) is 0. The SMILES string of the molecule is CC(C)=O.COC(C)CC(C)C.COC(C)CC(C)C.COC(C)CC(C)CC(C)=O.COC(C)COCC(C)OCCCC(C)=O. The summed E-state index contributed by atoms with van der Waals surface area (Å²) < 4.78 is 31.2. The van der Waals surface area contributed by atoms with Crippen molar-refractivity contribution in [1.82, 2.24) is 0 Å². The number of methoxy groups -OCH3 is 4. The molecule has 6 unspecified atom stereocenters. The normalized spacial score (nSPS) is 14.3. The van der Waals surface area contributed by atoms with Crippen LogP contribution in [0.15, 0.2) is 0 Å². The largest absolute Gasteiger partial charge is 0.382 e. The quantitative estimate of drug-likeness (QED) is 0.110. The summed E-state index contributed by atoms with van der Waals surface area (Å²) in [6.45, 7) is 29.1. The Morgan fingerprint density at radius 3 is 1.17 bits per heavy atom. The molecule has 0 bridgehead atoms. The molecule has 0 saturated heterocycles. The second kappa shape index (κ2) is 39.2. The Balaban J connectivity index is -0.000000167. The average molecular weight is 681 g/mol. The molecule has 9 heteroatoms. The van der Waals surface area contributed by atoms with E-state index in [1.54, 1.807) is 42.3 Å². The van der Waals surface area contributed by atoms with Crippen LogP contribution in [0, 0.1) is 17.8 Å². The lowest BCUT2D eigenvalue weighted by Gasteiger charge is -2.15. The van der Waals surface area contributed by atoms with Crippen LogP contribution in [0.5, 0.6) is 0 Å². The van der Waals surface area contributed by atoms with Crippen molar-refractivity contribution >= 4 is 17.3 Å². The maximum atomic E-state index is 10.7. The fraction of sp³-hybridized carbons (Fsp3) is 0.921. The molecule has 0 N–H and O–H groups in total. The lowest BCUT2D eigenvalue weighted by Crippen LogP contribution is -2.21. The van der Waals surface area contributed by atoms with E-state index in [0.29, 0.717) is 50.8 Å². The Morgan fingerprint density at radius 2 is 0.872 bits per heavy atom. The molecule has 0 spiro atoms. The van der Waals surface area contributed by atoms with E-state index in [2.05, 4.69) is 48.5 Å². The van der Waals surface area contributed by atoms with Gasteiger partial charge in [-0.1, -0.05) is 34.6 Å². The van der Waals surface area contributed by atoms with Crippen molar-refractivity contribution in [3.63, 3.8) is 0 Å². The van der Waals surface area contributed by atoms with Crippen LogP contribution >= 0.6 is 0 Å².